The van der Waals surface area contributed by atoms with Crippen molar-refractivity contribution in [3.63, 3.8) is 0 Å². The molecule has 0 bridgehead atoms. The molecular formula is C13H18BrNO2S. The van der Waals surface area contributed by atoms with Crippen molar-refractivity contribution < 1.29 is 9.63 Å². The number of nitrogens with one attached hydrogen (secondary N) is 1. The first-order chi connectivity index (χ1) is 8.28. The van der Waals surface area contributed by atoms with Crippen molar-refractivity contribution >= 4 is 33.6 Å². The molecule has 3 nitrogen and oxygen atoms in total. The van der Waals surface area contributed by atoms with E-state index in [1.54, 1.807) is 0 Å². The van der Waals surface area contributed by atoms with Gasteiger partial charge in [-0.15, -0.1) is 11.8 Å². The van der Waals surface area contributed by atoms with Crippen LogP contribution in [0.15, 0.2) is 33.6 Å². The van der Waals surface area contributed by atoms with Crippen LogP contribution >= 0.6 is 27.7 Å². The third kappa shape index (κ3) is 5.89. The molecule has 0 spiro atoms. The lowest BCUT2D eigenvalue weighted by molar-refractivity contribution is -0.144. The Bertz CT molecular complexity index is 400. The second-order valence-electron chi connectivity index (χ2n) is 4.89. The Labute approximate surface area is 121 Å². The number of carbonyl (C=O) groups is 1. The van der Waals surface area contributed by atoms with Gasteiger partial charge in [0, 0.05) is 9.37 Å². The topological polar surface area (TPSA) is 38.3 Å². The maximum Gasteiger partial charge on any atom is 0.256 e. The largest absolute Gasteiger partial charge is 0.272 e. The zero-order valence-electron chi connectivity index (χ0n) is 11.0. The van der Waals surface area contributed by atoms with Crippen molar-refractivity contribution in [3.05, 3.63) is 28.7 Å². The Balaban J connectivity index is 2.47. The van der Waals surface area contributed by atoms with E-state index in [2.05, 4.69) is 21.4 Å². The average molecular weight is 332 g/mol. The van der Waals surface area contributed by atoms with Crippen LogP contribution in [0.4, 0.5) is 0 Å². The SMILES string of the molecule is CC(Sc1ccc(Br)cc1)C(=O)NOC(C)(C)C. The van der Waals surface area contributed by atoms with Crippen molar-refractivity contribution in [2.45, 2.75) is 43.4 Å². The Morgan fingerprint density at radius 2 is 1.89 bits per heavy atom. The second kappa shape index (κ2) is 6.59. The number of hydroxylamine groups is 1. The average Bonchev–Trinajstić information content (AvgIpc) is 2.28. The predicted octanol–water partition coefficient (Wildman–Crippen LogP) is 3.78. The maximum atomic E-state index is 11.8. The molecule has 0 aliphatic rings. The lowest BCUT2D eigenvalue weighted by Crippen LogP contribution is -2.37. The molecule has 100 valence electrons. The fraction of sp³-hybridized carbons (Fsp3) is 0.462. The van der Waals surface area contributed by atoms with Gasteiger partial charge in [0.25, 0.3) is 5.91 Å². The molecule has 0 fully saturated rings. The summed E-state index contributed by atoms with van der Waals surface area (Å²) in [5.74, 6) is -0.127. The fourth-order valence-electron chi connectivity index (χ4n) is 1.06. The molecular weight excluding hydrogens is 314 g/mol. The van der Waals surface area contributed by atoms with E-state index in [-0.39, 0.29) is 16.8 Å². The van der Waals surface area contributed by atoms with Gasteiger partial charge in [0.05, 0.1) is 10.9 Å². The standard InChI is InChI=1S/C13H18BrNO2S/c1-9(12(16)15-17-13(2,3)4)18-11-7-5-10(14)6-8-11/h5-9H,1-4H3,(H,15,16). The van der Waals surface area contributed by atoms with E-state index in [1.165, 1.54) is 11.8 Å². The summed E-state index contributed by atoms with van der Waals surface area (Å²) in [6.07, 6.45) is 0. The van der Waals surface area contributed by atoms with Crippen LogP contribution in [0.25, 0.3) is 0 Å². The van der Waals surface area contributed by atoms with Crippen LogP contribution in [0.3, 0.4) is 0 Å². The molecule has 0 radical (unpaired) electrons. The van der Waals surface area contributed by atoms with E-state index >= 15 is 0 Å². The van der Waals surface area contributed by atoms with Crippen LogP contribution in [-0.2, 0) is 9.63 Å². The van der Waals surface area contributed by atoms with Crippen molar-refractivity contribution in [2.24, 2.45) is 0 Å². The molecule has 1 aromatic carbocycles. The lowest BCUT2D eigenvalue weighted by Gasteiger charge is -2.20. The van der Waals surface area contributed by atoms with Gasteiger partial charge < -0.3 is 0 Å². The lowest BCUT2D eigenvalue weighted by atomic mass is 10.2. The van der Waals surface area contributed by atoms with Crippen LogP contribution in [0, 0.1) is 0 Å². The summed E-state index contributed by atoms with van der Waals surface area (Å²) < 4.78 is 1.03. The van der Waals surface area contributed by atoms with E-state index in [4.69, 9.17) is 4.84 Å². The van der Waals surface area contributed by atoms with Gasteiger partial charge in [0.2, 0.25) is 0 Å². The minimum absolute atomic E-state index is 0.127. The monoisotopic (exact) mass is 331 g/mol. The van der Waals surface area contributed by atoms with Gasteiger partial charge in [-0.2, -0.15) is 0 Å². The van der Waals surface area contributed by atoms with E-state index < -0.39 is 0 Å². The summed E-state index contributed by atoms with van der Waals surface area (Å²) in [5, 5.41) is -0.200. The minimum atomic E-state index is -0.377. The molecule has 0 saturated heterocycles. The van der Waals surface area contributed by atoms with Crippen LogP contribution in [0.5, 0.6) is 0 Å². The van der Waals surface area contributed by atoms with Crippen molar-refractivity contribution in [1.29, 1.82) is 0 Å². The normalized spacial score (nSPS) is 13.2. The number of amides is 1. The molecule has 0 heterocycles. The van der Waals surface area contributed by atoms with E-state index in [1.807, 2.05) is 52.0 Å². The highest BCUT2D eigenvalue weighted by atomic mass is 79.9. The van der Waals surface area contributed by atoms with E-state index in [9.17, 15) is 4.79 Å². The highest BCUT2D eigenvalue weighted by Crippen LogP contribution is 2.25. The molecule has 18 heavy (non-hydrogen) atoms. The summed E-state index contributed by atoms with van der Waals surface area (Å²) in [5.41, 5.74) is 2.11. The van der Waals surface area contributed by atoms with E-state index in [0.717, 1.165) is 9.37 Å². The molecule has 0 aromatic heterocycles. The summed E-state index contributed by atoms with van der Waals surface area (Å²) in [6, 6.07) is 7.86. The first-order valence-corrected chi connectivity index (χ1v) is 7.35. The summed E-state index contributed by atoms with van der Waals surface area (Å²) in [6.45, 7) is 7.52. The molecule has 0 saturated carbocycles. The first-order valence-electron chi connectivity index (χ1n) is 5.68. The molecule has 1 amide bonds. The van der Waals surface area contributed by atoms with Crippen molar-refractivity contribution in [3.8, 4) is 0 Å². The van der Waals surface area contributed by atoms with Gasteiger partial charge in [-0.25, -0.2) is 5.48 Å². The van der Waals surface area contributed by atoms with Crippen LogP contribution in [-0.4, -0.2) is 16.8 Å². The highest BCUT2D eigenvalue weighted by molar-refractivity contribution is 9.10. The Morgan fingerprint density at radius 1 is 1.33 bits per heavy atom. The predicted molar refractivity (Wildman–Crippen MR) is 78.4 cm³/mol. The molecule has 1 rings (SSSR count). The van der Waals surface area contributed by atoms with E-state index in [0.29, 0.717) is 0 Å². The molecule has 0 aliphatic carbocycles. The van der Waals surface area contributed by atoms with Crippen molar-refractivity contribution in [1.82, 2.24) is 5.48 Å². The molecule has 1 N–H and O–H groups in total. The molecule has 0 aliphatic heterocycles. The third-order valence-electron chi connectivity index (χ3n) is 1.95. The van der Waals surface area contributed by atoms with Crippen LogP contribution in [0.1, 0.15) is 27.7 Å². The minimum Gasteiger partial charge on any atom is -0.272 e. The Hall–Kier alpha value is -0.520. The fourth-order valence-corrected chi connectivity index (χ4v) is 2.18. The number of hydrogen-bond acceptors (Lipinski definition) is 3. The van der Waals surface area contributed by atoms with Gasteiger partial charge in [-0.3, -0.25) is 9.63 Å². The number of halogens is 1. The molecule has 1 atom stereocenters. The zero-order valence-corrected chi connectivity index (χ0v) is 13.4. The second-order valence-corrected chi connectivity index (χ2v) is 7.22. The number of thioether (sulfide) groups is 1. The Kier molecular flexibility index (Phi) is 5.69. The smallest absolute Gasteiger partial charge is 0.256 e. The maximum absolute atomic E-state index is 11.8. The quantitative estimate of drug-likeness (QED) is 0.674. The van der Waals surface area contributed by atoms with Gasteiger partial charge in [-0.1, -0.05) is 15.9 Å². The van der Waals surface area contributed by atoms with Gasteiger partial charge in [0.1, 0.15) is 0 Å². The first kappa shape index (κ1) is 15.5. The zero-order chi connectivity index (χ0) is 13.8. The van der Waals surface area contributed by atoms with Crippen LogP contribution in [0.2, 0.25) is 0 Å². The van der Waals surface area contributed by atoms with Gasteiger partial charge in [0.15, 0.2) is 0 Å². The summed E-state index contributed by atoms with van der Waals surface area (Å²) in [7, 11) is 0. The van der Waals surface area contributed by atoms with Gasteiger partial charge >= 0.3 is 0 Å². The molecule has 1 aromatic rings. The van der Waals surface area contributed by atoms with Crippen LogP contribution < -0.4 is 5.48 Å². The summed E-state index contributed by atoms with van der Waals surface area (Å²) in [4.78, 5) is 18.1. The van der Waals surface area contributed by atoms with Gasteiger partial charge in [-0.05, 0) is 52.0 Å². The summed E-state index contributed by atoms with van der Waals surface area (Å²) >= 11 is 4.88. The number of carbonyl (C=O) groups excluding carboxylic acids is 1. The molecule has 1 unspecified atom stereocenters. The van der Waals surface area contributed by atoms with Crippen molar-refractivity contribution in [2.75, 3.05) is 0 Å². The third-order valence-corrected chi connectivity index (χ3v) is 3.59. The highest BCUT2D eigenvalue weighted by Gasteiger charge is 2.18. The molecule has 5 heteroatoms. The number of rotatable bonds is 4. The number of benzene rings is 1. The Morgan fingerprint density at radius 3 is 2.39 bits per heavy atom. The number of hydrogen-bond donors (Lipinski definition) is 1.